The van der Waals surface area contributed by atoms with Crippen LogP contribution in [0.3, 0.4) is 0 Å². The van der Waals surface area contributed by atoms with Crippen LogP contribution in [0.2, 0.25) is 0 Å². The minimum atomic E-state index is 0.739. The Hall–Kier alpha value is -1.69. The lowest BCUT2D eigenvalue weighted by Crippen LogP contribution is -2.39. The Bertz CT molecular complexity index is 659. The monoisotopic (exact) mass is 371 g/mol. The number of nitrogens with zero attached hydrogens (tertiary/aromatic N) is 3. The predicted octanol–water partition coefficient (Wildman–Crippen LogP) is 3.65. The third kappa shape index (κ3) is 6.16. The normalized spacial score (nSPS) is 16.3. The number of pyridine rings is 1. The van der Waals surface area contributed by atoms with E-state index in [9.17, 15) is 0 Å². The van der Waals surface area contributed by atoms with Crippen molar-refractivity contribution >= 4 is 0 Å². The molecule has 1 aliphatic rings. The second-order valence-corrected chi connectivity index (χ2v) is 7.75. The summed E-state index contributed by atoms with van der Waals surface area (Å²) in [6, 6.07) is 6.40. The number of piperidine rings is 1. The maximum absolute atomic E-state index is 5.96. The summed E-state index contributed by atoms with van der Waals surface area (Å²) in [5.41, 5.74) is 2.54. The van der Waals surface area contributed by atoms with Gasteiger partial charge >= 0.3 is 0 Å². The van der Waals surface area contributed by atoms with Gasteiger partial charge in [-0.3, -0.25) is 9.88 Å². The van der Waals surface area contributed by atoms with E-state index in [1.54, 1.807) is 7.11 Å². The number of aryl methyl sites for hydroxylation is 2. The van der Waals surface area contributed by atoms with E-state index in [-0.39, 0.29) is 0 Å². The molecule has 1 aliphatic heterocycles. The lowest BCUT2D eigenvalue weighted by molar-refractivity contribution is 0.102. The van der Waals surface area contributed by atoms with E-state index in [1.807, 2.05) is 19.3 Å². The molecule has 0 radical (unpaired) electrons. The molecule has 148 valence electrons. The first kappa shape index (κ1) is 20.1. The van der Waals surface area contributed by atoms with Crippen LogP contribution in [-0.4, -0.2) is 54.7 Å². The fourth-order valence-corrected chi connectivity index (χ4v) is 3.86. The smallest absolute Gasteiger partial charge is 0.118 e. The van der Waals surface area contributed by atoms with Crippen LogP contribution in [0.5, 0.6) is 0 Å². The van der Waals surface area contributed by atoms with Crippen molar-refractivity contribution in [3.8, 4) is 0 Å². The van der Waals surface area contributed by atoms with Gasteiger partial charge in [0.2, 0.25) is 0 Å². The third-order valence-electron chi connectivity index (χ3n) is 5.59. The van der Waals surface area contributed by atoms with Gasteiger partial charge in [0.25, 0.3) is 0 Å². The van der Waals surface area contributed by atoms with E-state index >= 15 is 0 Å². The van der Waals surface area contributed by atoms with Crippen molar-refractivity contribution in [3.05, 3.63) is 53.2 Å². The molecular weight excluding hydrogens is 338 g/mol. The van der Waals surface area contributed by atoms with Crippen molar-refractivity contribution in [1.29, 1.82) is 0 Å². The topological polar surface area (TPSA) is 41.7 Å². The molecule has 5 heteroatoms. The highest BCUT2D eigenvalue weighted by atomic mass is 16.5. The van der Waals surface area contributed by atoms with Gasteiger partial charge in [0.1, 0.15) is 11.5 Å². The zero-order valence-corrected chi connectivity index (χ0v) is 17.0. The molecule has 1 fully saturated rings. The van der Waals surface area contributed by atoms with Crippen LogP contribution < -0.4 is 0 Å². The Labute approximate surface area is 163 Å². The Kier molecular flexibility index (Phi) is 7.44. The molecule has 0 N–H and O–H groups in total. The van der Waals surface area contributed by atoms with Gasteiger partial charge in [-0.25, -0.2) is 0 Å². The molecule has 0 saturated carbocycles. The maximum Gasteiger partial charge on any atom is 0.118 e. The molecule has 0 aromatic carbocycles. The molecule has 5 nitrogen and oxygen atoms in total. The summed E-state index contributed by atoms with van der Waals surface area (Å²) in [5.74, 6) is 2.83. The third-order valence-corrected chi connectivity index (χ3v) is 5.59. The van der Waals surface area contributed by atoms with Crippen LogP contribution >= 0.6 is 0 Å². The van der Waals surface area contributed by atoms with Crippen LogP contribution in [-0.2, 0) is 17.8 Å². The highest BCUT2D eigenvalue weighted by Gasteiger charge is 2.22. The number of hydrogen-bond donors (Lipinski definition) is 0. The zero-order valence-electron chi connectivity index (χ0n) is 17.0. The minimum absolute atomic E-state index is 0.739. The summed E-state index contributed by atoms with van der Waals surface area (Å²) in [5, 5.41) is 0. The molecule has 0 spiro atoms. The molecule has 0 bridgehead atoms. The molecule has 2 aromatic heterocycles. The Morgan fingerprint density at radius 1 is 1.19 bits per heavy atom. The van der Waals surface area contributed by atoms with E-state index in [1.165, 1.54) is 37.1 Å². The number of ether oxygens (including phenoxy) is 1. The first-order valence-corrected chi connectivity index (χ1v) is 10.0. The lowest BCUT2D eigenvalue weighted by atomic mass is 9.96. The second-order valence-electron chi connectivity index (χ2n) is 7.75. The average Bonchev–Trinajstić information content (AvgIpc) is 2.99. The van der Waals surface area contributed by atoms with Gasteiger partial charge in [-0.1, -0.05) is 0 Å². The van der Waals surface area contributed by atoms with Gasteiger partial charge < -0.3 is 14.1 Å². The first-order valence-electron chi connectivity index (χ1n) is 10.0. The van der Waals surface area contributed by atoms with Gasteiger partial charge in [0, 0.05) is 39.1 Å². The first-order chi connectivity index (χ1) is 13.1. The number of methoxy groups -OCH3 is 1. The van der Waals surface area contributed by atoms with Crippen molar-refractivity contribution in [2.24, 2.45) is 5.92 Å². The summed E-state index contributed by atoms with van der Waals surface area (Å²) in [7, 11) is 1.78. The van der Waals surface area contributed by atoms with Crippen molar-refractivity contribution < 1.29 is 9.15 Å². The van der Waals surface area contributed by atoms with Crippen molar-refractivity contribution in [2.45, 2.75) is 39.8 Å². The Morgan fingerprint density at radius 3 is 2.56 bits per heavy atom. The molecule has 1 saturated heterocycles. The molecular formula is C22H33N3O2. The fraction of sp³-hybridized carbons (Fsp3) is 0.591. The molecule has 0 atom stereocenters. The number of furan rings is 1. The summed E-state index contributed by atoms with van der Waals surface area (Å²) >= 11 is 0. The number of rotatable bonds is 9. The molecule has 0 aliphatic carbocycles. The van der Waals surface area contributed by atoms with Crippen LogP contribution in [0.15, 0.2) is 35.0 Å². The summed E-state index contributed by atoms with van der Waals surface area (Å²) in [4.78, 5) is 9.20. The van der Waals surface area contributed by atoms with Gasteiger partial charge in [-0.2, -0.15) is 0 Å². The quantitative estimate of drug-likeness (QED) is 0.673. The lowest BCUT2D eigenvalue weighted by Gasteiger charge is -2.34. The Morgan fingerprint density at radius 2 is 1.93 bits per heavy atom. The highest BCUT2D eigenvalue weighted by molar-refractivity contribution is 5.19. The number of aromatic nitrogens is 1. The maximum atomic E-state index is 5.96. The molecule has 0 unspecified atom stereocenters. The molecule has 3 heterocycles. The van der Waals surface area contributed by atoms with Crippen LogP contribution in [0.1, 0.15) is 35.5 Å². The van der Waals surface area contributed by atoms with Crippen LogP contribution in [0, 0.1) is 19.8 Å². The van der Waals surface area contributed by atoms with Crippen molar-refractivity contribution in [3.63, 3.8) is 0 Å². The van der Waals surface area contributed by atoms with Crippen LogP contribution in [0.25, 0.3) is 0 Å². The van der Waals surface area contributed by atoms with Gasteiger partial charge in [-0.05, 0) is 75.0 Å². The van der Waals surface area contributed by atoms with Crippen molar-refractivity contribution in [2.75, 3.05) is 39.9 Å². The molecule has 2 aromatic rings. The van der Waals surface area contributed by atoms with Gasteiger partial charge in [0.15, 0.2) is 0 Å². The number of likely N-dealkylation sites (tertiary alicyclic amines) is 1. The summed E-state index contributed by atoms with van der Waals surface area (Å²) in [6.07, 6.45) is 6.27. The van der Waals surface area contributed by atoms with Gasteiger partial charge in [-0.15, -0.1) is 0 Å². The SMILES string of the molecule is COCCN1CCC(CN(Cc2ccncc2)Cc2cc(C)c(C)o2)CC1. The second kappa shape index (κ2) is 10.0. The van der Waals surface area contributed by atoms with Gasteiger partial charge in [0.05, 0.1) is 13.2 Å². The van der Waals surface area contributed by atoms with E-state index < -0.39 is 0 Å². The van der Waals surface area contributed by atoms with Crippen molar-refractivity contribution in [1.82, 2.24) is 14.8 Å². The summed E-state index contributed by atoms with van der Waals surface area (Å²) < 4.78 is 11.2. The van der Waals surface area contributed by atoms with E-state index in [4.69, 9.17) is 9.15 Å². The van der Waals surface area contributed by atoms with Crippen LogP contribution in [0.4, 0.5) is 0 Å². The predicted molar refractivity (Wildman–Crippen MR) is 108 cm³/mol. The standard InChI is InChI=1S/C22H33N3O2/c1-18-14-22(27-19(18)2)17-25(15-20-4-8-23-9-5-20)16-21-6-10-24(11-7-21)12-13-26-3/h4-5,8-9,14,21H,6-7,10-13,15-17H2,1-3H3. The van der Waals surface area contributed by atoms with E-state index in [0.29, 0.717) is 0 Å². The summed E-state index contributed by atoms with van der Waals surface area (Å²) in [6.45, 7) is 11.3. The minimum Gasteiger partial charge on any atom is -0.465 e. The molecule has 27 heavy (non-hydrogen) atoms. The molecule has 0 amide bonds. The van der Waals surface area contributed by atoms with E-state index in [2.05, 4.69) is 39.9 Å². The zero-order chi connectivity index (χ0) is 19.1. The highest BCUT2D eigenvalue weighted by Crippen LogP contribution is 2.22. The largest absolute Gasteiger partial charge is 0.465 e. The Balaban J connectivity index is 1.59. The molecule has 3 rings (SSSR count). The average molecular weight is 372 g/mol. The fourth-order valence-electron chi connectivity index (χ4n) is 3.86. The number of hydrogen-bond acceptors (Lipinski definition) is 5. The van der Waals surface area contributed by atoms with E-state index in [0.717, 1.165) is 50.2 Å².